The zero-order chi connectivity index (χ0) is 13.9. The number of hydrogen-bond acceptors (Lipinski definition) is 5. The van der Waals surface area contributed by atoms with Gasteiger partial charge < -0.3 is 15.2 Å². The topological polar surface area (TPSA) is 100 Å². The van der Waals surface area contributed by atoms with Crippen molar-refractivity contribution in [1.82, 2.24) is 4.72 Å². The molecule has 8 heteroatoms. The van der Waals surface area contributed by atoms with Gasteiger partial charge in [0.1, 0.15) is 10.6 Å². The maximum atomic E-state index is 12.1. The lowest BCUT2D eigenvalue weighted by Gasteiger charge is -2.22. The molecule has 0 saturated carbocycles. The fraction of sp³-hybridized carbons (Fsp3) is 0.364. The minimum Gasteiger partial charge on any atom is -0.494 e. The van der Waals surface area contributed by atoms with Crippen LogP contribution in [0.2, 0.25) is 0 Å². The maximum Gasteiger partial charge on any atom is 0.266 e. The van der Waals surface area contributed by atoms with Gasteiger partial charge in [0, 0.05) is 6.07 Å². The van der Waals surface area contributed by atoms with Crippen LogP contribution in [0.15, 0.2) is 28.1 Å². The number of aliphatic hydroxyl groups is 1. The molecule has 1 aliphatic rings. The fourth-order valence-electron chi connectivity index (χ4n) is 1.65. The van der Waals surface area contributed by atoms with Crippen molar-refractivity contribution in [3.63, 3.8) is 0 Å². The second-order valence-electron chi connectivity index (χ2n) is 3.78. The Morgan fingerprint density at radius 1 is 1.42 bits per heavy atom. The minimum atomic E-state index is -3.67. The first-order valence-electron chi connectivity index (χ1n) is 5.79. The summed E-state index contributed by atoms with van der Waals surface area (Å²) in [7, 11) is -3.67. The van der Waals surface area contributed by atoms with Crippen LogP contribution in [0.25, 0.3) is 0 Å². The van der Waals surface area contributed by atoms with E-state index in [4.69, 9.17) is 9.84 Å². The second-order valence-corrected chi connectivity index (χ2v) is 5.43. The molecule has 104 valence electrons. The summed E-state index contributed by atoms with van der Waals surface area (Å²) in [5, 5.41) is 11.5. The Labute approximate surface area is 111 Å². The number of hydrogen-bond donors (Lipinski definition) is 3. The van der Waals surface area contributed by atoms with Gasteiger partial charge in [-0.15, -0.1) is 0 Å². The Balaban J connectivity index is 2.38. The Bertz CT molecular complexity index is 598. The van der Waals surface area contributed by atoms with Crippen molar-refractivity contribution in [2.24, 2.45) is 4.99 Å². The van der Waals surface area contributed by atoms with Crippen molar-refractivity contribution < 1.29 is 18.3 Å². The molecule has 1 aromatic rings. The standard InChI is InChI=1S/C11H15N3O4S/c1-2-18-8-3-4-9-10(7-8)19(16,17)14-11(13-9)12-5-6-15/h3-4,7,15H,2,5-6H2,1H3,(H2,12,13,14). The van der Waals surface area contributed by atoms with Crippen LogP contribution >= 0.6 is 0 Å². The Hall–Kier alpha value is -1.80. The first-order chi connectivity index (χ1) is 9.06. The molecular formula is C11H15N3O4S. The number of nitrogens with one attached hydrogen (secondary N) is 2. The van der Waals surface area contributed by atoms with Crippen LogP contribution in [0.3, 0.4) is 0 Å². The SMILES string of the molecule is CCOc1ccc2c(c1)S(=O)(=O)NC(=NCCO)N2. The summed E-state index contributed by atoms with van der Waals surface area (Å²) < 4.78 is 31.7. The molecule has 0 atom stereocenters. The summed E-state index contributed by atoms with van der Waals surface area (Å²) >= 11 is 0. The van der Waals surface area contributed by atoms with E-state index in [9.17, 15) is 8.42 Å². The lowest BCUT2D eigenvalue weighted by atomic mass is 10.3. The summed E-state index contributed by atoms with van der Waals surface area (Å²) in [4.78, 5) is 4.00. The van der Waals surface area contributed by atoms with E-state index in [0.29, 0.717) is 18.0 Å². The van der Waals surface area contributed by atoms with E-state index in [1.54, 1.807) is 12.1 Å². The zero-order valence-corrected chi connectivity index (χ0v) is 11.2. The summed E-state index contributed by atoms with van der Waals surface area (Å²) in [5.74, 6) is 0.592. The first kappa shape index (κ1) is 13.6. The van der Waals surface area contributed by atoms with E-state index in [2.05, 4.69) is 15.0 Å². The minimum absolute atomic E-state index is 0.103. The van der Waals surface area contributed by atoms with Crippen LogP contribution < -0.4 is 14.8 Å². The predicted octanol–water partition coefficient (Wildman–Crippen LogP) is 0.137. The molecule has 0 bridgehead atoms. The summed E-state index contributed by atoms with van der Waals surface area (Å²) in [6.45, 7) is 2.26. The molecule has 0 aromatic heterocycles. The molecular weight excluding hydrogens is 270 g/mol. The van der Waals surface area contributed by atoms with Gasteiger partial charge in [0.25, 0.3) is 10.0 Å². The van der Waals surface area contributed by atoms with Crippen molar-refractivity contribution in [2.75, 3.05) is 25.1 Å². The fourth-order valence-corrected chi connectivity index (χ4v) is 2.81. The molecule has 3 N–H and O–H groups in total. The number of rotatable bonds is 4. The number of fused-ring (bicyclic) bond motifs is 1. The Morgan fingerprint density at radius 2 is 2.21 bits per heavy atom. The van der Waals surface area contributed by atoms with Crippen LogP contribution in [-0.4, -0.2) is 39.2 Å². The lowest BCUT2D eigenvalue weighted by molar-refractivity contribution is 0.307. The van der Waals surface area contributed by atoms with Crippen LogP contribution in [0.4, 0.5) is 5.69 Å². The summed E-state index contributed by atoms with van der Waals surface area (Å²) in [5.41, 5.74) is 0.430. The third-order valence-corrected chi connectivity index (χ3v) is 3.79. The maximum absolute atomic E-state index is 12.1. The van der Waals surface area contributed by atoms with Gasteiger partial charge in [0.15, 0.2) is 0 Å². The van der Waals surface area contributed by atoms with Gasteiger partial charge in [0.05, 0.1) is 25.4 Å². The van der Waals surface area contributed by atoms with Crippen molar-refractivity contribution in [3.8, 4) is 5.75 Å². The molecule has 0 amide bonds. The van der Waals surface area contributed by atoms with Gasteiger partial charge in [-0.05, 0) is 19.1 Å². The predicted molar refractivity (Wildman–Crippen MR) is 70.9 cm³/mol. The highest BCUT2D eigenvalue weighted by atomic mass is 32.2. The van der Waals surface area contributed by atoms with E-state index in [1.807, 2.05) is 6.92 Å². The Morgan fingerprint density at radius 3 is 2.89 bits per heavy atom. The molecule has 7 nitrogen and oxygen atoms in total. The van der Waals surface area contributed by atoms with E-state index >= 15 is 0 Å². The van der Waals surface area contributed by atoms with Gasteiger partial charge in [0.2, 0.25) is 5.96 Å². The lowest BCUT2D eigenvalue weighted by Crippen LogP contribution is -2.41. The molecule has 0 radical (unpaired) electrons. The molecule has 0 fully saturated rings. The Kier molecular flexibility index (Phi) is 3.91. The van der Waals surface area contributed by atoms with Crippen LogP contribution in [0.1, 0.15) is 6.92 Å². The smallest absolute Gasteiger partial charge is 0.266 e. The quantitative estimate of drug-likeness (QED) is 0.730. The number of benzene rings is 1. The first-order valence-corrected chi connectivity index (χ1v) is 7.27. The molecule has 0 aliphatic carbocycles. The molecule has 0 unspecified atom stereocenters. The average Bonchev–Trinajstić information content (AvgIpc) is 2.37. The molecule has 19 heavy (non-hydrogen) atoms. The third-order valence-electron chi connectivity index (χ3n) is 2.41. The number of nitrogens with zero attached hydrogens (tertiary/aromatic N) is 1. The highest BCUT2D eigenvalue weighted by Gasteiger charge is 2.26. The molecule has 2 rings (SSSR count). The van der Waals surface area contributed by atoms with E-state index < -0.39 is 10.0 Å². The van der Waals surface area contributed by atoms with E-state index in [1.165, 1.54) is 6.07 Å². The largest absolute Gasteiger partial charge is 0.494 e. The van der Waals surface area contributed by atoms with Crippen molar-refractivity contribution in [3.05, 3.63) is 18.2 Å². The monoisotopic (exact) mass is 285 g/mol. The van der Waals surface area contributed by atoms with Crippen LogP contribution in [0, 0.1) is 0 Å². The molecule has 0 saturated heterocycles. The molecule has 1 aliphatic heterocycles. The number of anilines is 1. The van der Waals surface area contributed by atoms with E-state index in [0.717, 1.165) is 0 Å². The summed E-state index contributed by atoms with van der Waals surface area (Å²) in [6.07, 6.45) is 0. The van der Waals surface area contributed by atoms with E-state index in [-0.39, 0.29) is 24.0 Å². The number of ether oxygens (including phenoxy) is 1. The second kappa shape index (κ2) is 5.45. The number of aliphatic imine (C=N–C) groups is 1. The van der Waals surface area contributed by atoms with Gasteiger partial charge >= 0.3 is 0 Å². The highest BCUT2D eigenvalue weighted by molar-refractivity contribution is 7.90. The molecule has 1 heterocycles. The van der Waals surface area contributed by atoms with Gasteiger partial charge in [-0.2, -0.15) is 0 Å². The number of aliphatic hydroxyl groups excluding tert-OH is 1. The van der Waals surface area contributed by atoms with Gasteiger partial charge in [-0.1, -0.05) is 0 Å². The third kappa shape index (κ3) is 2.96. The highest BCUT2D eigenvalue weighted by Crippen LogP contribution is 2.28. The van der Waals surface area contributed by atoms with Crippen molar-refractivity contribution >= 4 is 21.7 Å². The number of guanidine groups is 1. The molecule has 1 aromatic carbocycles. The number of sulfonamides is 1. The molecule has 0 spiro atoms. The van der Waals surface area contributed by atoms with Crippen LogP contribution in [0.5, 0.6) is 5.75 Å². The summed E-state index contributed by atoms with van der Waals surface area (Å²) in [6, 6.07) is 4.75. The zero-order valence-electron chi connectivity index (χ0n) is 10.4. The van der Waals surface area contributed by atoms with Crippen LogP contribution in [-0.2, 0) is 10.0 Å². The normalized spacial score (nSPS) is 18.3. The van der Waals surface area contributed by atoms with Crippen molar-refractivity contribution in [1.29, 1.82) is 0 Å². The van der Waals surface area contributed by atoms with Crippen molar-refractivity contribution in [2.45, 2.75) is 11.8 Å². The average molecular weight is 285 g/mol. The van der Waals surface area contributed by atoms with Gasteiger partial charge in [-0.3, -0.25) is 0 Å². The van der Waals surface area contributed by atoms with Gasteiger partial charge in [-0.25, -0.2) is 18.1 Å².